The monoisotopic (exact) mass is 405 g/mol. The number of nitrogens with two attached hydrogens (primary N) is 1. The minimum atomic E-state index is -0.984. The quantitative estimate of drug-likeness (QED) is 0.511. The van der Waals surface area contributed by atoms with E-state index >= 15 is 0 Å². The van der Waals surface area contributed by atoms with Crippen LogP contribution in [0.1, 0.15) is 0 Å². The van der Waals surface area contributed by atoms with Gasteiger partial charge in [0.15, 0.2) is 6.61 Å². The van der Waals surface area contributed by atoms with Gasteiger partial charge in [0.25, 0.3) is 0 Å². The second-order valence-electron chi connectivity index (χ2n) is 4.82. The molecule has 1 aromatic heterocycles. The van der Waals surface area contributed by atoms with E-state index in [1.54, 1.807) is 24.3 Å². The van der Waals surface area contributed by atoms with Gasteiger partial charge < -0.3 is 26.2 Å². The second kappa shape index (κ2) is 8.98. The number of ether oxygens (including phenoxy) is 1. The van der Waals surface area contributed by atoms with Crippen molar-refractivity contribution >= 4 is 39.2 Å². The van der Waals surface area contributed by atoms with Crippen LogP contribution in [0.3, 0.4) is 0 Å². The van der Waals surface area contributed by atoms with Crippen molar-refractivity contribution in [2.45, 2.75) is 6.04 Å². The molecule has 25 heavy (non-hydrogen) atoms. The van der Waals surface area contributed by atoms with Gasteiger partial charge in [-0.2, -0.15) is 4.98 Å². The summed E-state index contributed by atoms with van der Waals surface area (Å²) in [4.78, 5) is 20.1. The number of hydrogen-bond donors (Lipinski definition) is 4. The molecule has 1 heterocycles. The van der Waals surface area contributed by atoms with Gasteiger partial charge in [-0.1, -0.05) is 12.0 Å². The number of carbonyl (C=O) groups excluding carboxylic acids is 1. The van der Waals surface area contributed by atoms with E-state index in [9.17, 15) is 4.79 Å². The number of hydrogen-bond acceptors (Lipinski definition) is 7. The molecule has 9 heteroatoms. The fourth-order valence-corrected chi connectivity index (χ4v) is 2.05. The minimum Gasteiger partial charge on any atom is -0.464 e. The largest absolute Gasteiger partial charge is 0.464 e. The molecule has 1 atom stereocenters. The van der Waals surface area contributed by atoms with E-state index in [1.165, 1.54) is 6.20 Å². The van der Waals surface area contributed by atoms with Crippen molar-refractivity contribution in [2.75, 3.05) is 23.8 Å². The van der Waals surface area contributed by atoms with Crippen LogP contribution in [0.25, 0.3) is 0 Å². The smallest absolute Gasteiger partial charge is 0.243 e. The first-order valence-electron chi connectivity index (χ1n) is 7.16. The Morgan fingerprint density at radius 2 is 2.24 bits per heavy atom. The summed E-state index contributed by atoms with van der Waals surface area (Å²) in [5.74, 6) is 2.49. The molecule has 0 radical (unpaired) electrons. The Labute approximate surface area is 152 Å². The van der Waals surface area contributed by atoms with Crippen molar-refractivity contribution in [1.82, 2.24) is 9.97 Å². The van der Waals surface area contributed by atoms with Crippen molar-refractivity contribution in [1.29, 1.82) is 0 Å². The average Bonchev–Trinajstić information content (AvgIpc) is 2.61. The molecular formula is C16H16BrN5O3. The minimum absolute atomic E-state index is 0.0850. The van der Waals surface area contributed by atoms with Crippen molar-refractivity contribution in [2.24, 2.45) is 5.73 Å². The molecule has 0 aliphatic heterocycles. The van der Waals surface area contributed by atoms with Gasteiger partial charge in [0, 0.05) is 11.4 Å². The van der Waals surface area contributed by atoms with Gasteiger partial charge in [0.1, 0.15) is 6.04 Å². The Bertz CT molecular complexity index is 794. The summed E-state index contributed by atoms with van der Waals surface area (Å²) >= 11 is 3.28. The lowest BCUT2D eigenvalue weighted by Gasteiger charge is -2.12. The molecule has 0 spiro atoms. The van der Waals surface area contributed by atoms with Gasteiger partial charge in [0.05, 0.1) is 17.3 Å². The first kappa shape index (κ1) is 18.7. The zero-order valence-electron chi connectivity index (χ0n) is 13.1. The maximum absolute atomic E-state index is 11.7. The SMILES string of the molecule is C#CCOc1nc(Nc2cccc(NC(=O)[C@@H](N)CO)c2)ncc1Br. The number of benzene rings is 1. The molecule has 0 aliphatic rings. The Morgan fingerprint density at radius 1 is 1.48 bits per heavy atom. The lowest BCUT2D eigenvalue weighted by molar-refractivity contribution is -0.118. The van der Waals surface area contributed by atoms with E-state index in [2.05, 4.69) is 42.5 Å². The zero-order valence-corrected chi connectivity index (χ0v) is 14.7. The van der Waals surface area contributed by atoms with Crippen LogP contribution in [-0.4, -0.2) is 40.2 Å². The maximum atomic E-state index is 11.7. The number of halogens is 1. The van der Waals surface area contributed by atoms with Crippen LogP contribution in [0, 0.1) is 12.3 Å². The van der Waals surface area contributed by atoms with E-state index in [0.29, 0.717) is 27.7 Å². The number of terminal acetylenes is 1. The highest BCUT2D eigenvalue weighted by Gasteiger charge is 2.12. The van der Waals surface area contributed by atoms with Crippen LogP contribution in [-0.2, 0) is 4.79 Å². The lowest BCUT2D eigenvalue weighted by Crippen LogP contribution is -2.38. The normalized spacial score (nSPS) is 11.3. The number of aliphatic hydroxyl groups excluding tert-OH is 1. The van der Waals surface area contributed by atoms with E-state index in [4.69, 9.17) is 22.0 Å². The first-order valence-corrected chi connectivity index (χ1v) is 7.96. The third-order valence-electron chi connectivity index (χ3n) is 2.92. The average molecular weight is 406 g/mol. The third-order valence-corrected chi connectivity index (χ3v) is 3.47. The van der Waals surface area contributed by atoms with E-state index in [1.807, 2.05) is 0 Å². The standard InChI is InChI=1S/C16H16BrN5O3/c1-2-6-25-15-12(17)8-19-16(22-15)21-11-5-3-4-10(7-11)20-14(24)13(18)9-23/h1,3-5,7-8,13,23H,6,9,18H2,(H,20,24)(H,19,21,22)/t13-/m0/s1. The predicted octanol–water partition coefficient (Wildman–Crippen LogP) is 1.25. The van der Waals surface area contributed by atoms with E-state index < -0.39 is 18.6 Å². The van der Waals surface area contributed by atoms with Gasteiger partial charge in [-0.05, 0) is 34.1 Å². The zero-order chi connectivity index (χ0) is 18.2. The molecule has 0 saturated heterocycles. The fourth-order valence-electron chi connectivity index (χ4n) is 1.74. The molecular weight excluding hydrogens is 390 g/mol. The number of rotatable bonds is 7. The lowest BCUT2D eigenvalue weighted by atomic mass is 10.2. The molecule has 8 nitrogen and oxygen atoms in total. The molecule has 0 aliphatic carbocycles. The van der Waals surface area contributed by atoms with E-state index in [0.717, 1.165) is 0 Å². The summed E-state index contributed by atoms with van der Waals surface area (Å²) in [6.45, 7) is -0.349. The Morgan fingerprint density at radius 3 is 2.96 bits per heavy atom. The number of anilines is 3. The third kappa shape index (κ3) is 5.42. The van der Waals surface area contributed by atoms with Crippen LogP contribution in [0.5, 0.6) is 5.88 Å². The number of amides is 1. The topological polar surface area (TPSA) is 122 Å². The van der Waals surface area contributed by atoms with Gasteiger partial charge in [-0.15, -0.1) is 6.42 Å². The summed E-state index contributed by atoms with van der Waals surface area (Å²) in [5, 5.41) is 14.5. The summed E-state index contributed by atoms with van der Waals surface area (Å²) in [6.07, 6.45) is 6.70. The molecule has 5 N–H and O–H groups in total. The second-order valence-corrected chi connectivity index (χ2v) is 5.68. The Hall–Kier alpha value is -2.67. The molecule has 130 valence electrons. The fraction of sp³-hybridized carbons (Fsp3) is 0.188. The molecule has 1 aromatic carbocycles. The highest BCUT2D eigenvalue weighted by molar-refractivity contribution is 9.10. The summed E-state index contributed by atoms with van der Waals surface area (Å²) in [5.41, 5.74) is 6.62. The van der Waals surface area contributed by atoms with Crippen molar-refractivity contribution in [3.63, 3.8) is 0 Å². The summed E-state index contributed by atoms with van der Waals surface area (Å²) < 4.78 is 5.89. The molecule has 0 saturated carbocycles. The van der Waals surface area contributed by atoms with E-state index in [-0.39, 0.29) is 6.61 Å². The van der Waals surface area contributed by atoms with Crippen LogP contribution in [0.4, 0.5) is 17.3 Å². The molecule has 2 aromatic rings. The molecule has 0 fully saturated rings. The summed E-state index contributed by atoms with van der Waals surface area (Å²) in [7, 11) is 0. The highest BCUT2D eigenvalue weighted by atomic mass is 79.9. The van der Waals surface area contributed by atoms with Gasteiger partial charge in [-0.3, -0.25) is 4.79 Å². The van der Waals surface area contributed by atoms with Crippen molar-refractivity contribution < 1.29 is 14.6 Å². The van der Waals surface area contributed by atoms with Crippen LogP contribution in [0.15, 0.2) is 34.9 Å². The predicted molar refractivity (Wildman–Crippen MR) is 97.5 cm³/mol. The number of aliphatic hydroxyl groups is 1. The van der Waals surface area contributed by atoms with Gasteiger partial charge in [-0.25, -0.2) is 4.98 Å². The number of nitrogens with zero attached hydrogens (tertiary/aromatic N) is 2. The molecule has 0 bridgehead atoms. The Balaban J connectivity index is 2.12. The summed E-state index contributed by atoms with van der Waals surface area (Å²) in [6, 6.07) is 5.89. The number of nitrogens with one attached hydrogen (secondary N) is 2. The molecule has 2 rings (SSSR count). The van der Waals surface area contributed by atoms with Crippen molar-refractivity contribution in [3.8, 4) is 18.2 Å². The Kier molecular flexibility index (Phi) is 6.71. The van der Waals surface area contributed by atoms with Gasteiger partial charge >= 0.3 is 0 Å². The molecule has 0 unspecified atom stereocenters. The first-order chi connectivity index (χ1) is 12.0. The van der Waals surface area contributed by atoms with Crippen LogP contribution < -0.4 is 21.1 Å². The van der Waals surface area contributed by atoms with Gasteiger partial charge in [0.2, 0.25) is 17.7 Å². The maximum Gasteiger partial charge on any atom is 0.243 e. The number of aromatic nitrogens is 2. The number of carbonyl (C=O) groups is 1. The highest BCUT2D eigenvalue weighted by Crippen LogP contribution is 2.24. The molecule has 1 amide bonds. The van der Waals surface area contributed by atoms with Crippen molar-refractivity contribution in [3.05, 3.63) is 34.9 Å². The van der Waals surface area contributed by atoms with Crippen LogP contribution in [0.2, 0.25) is 0 Å². The van der Waals surface area contributed by atoms with Crippen LogP contribution >= 0.6 is 15.9 Å².